The molecule has 0 amide bonds. The van der Waals surface area contributed by atoms with Gasteiger partial charge in [0.2, 0.25) is 5.78 Å². The highest BCUT2D eigenvalue weighted by atomic mass is 19.1. The van der Waals surface area contributed by atoms with Crippen LogP contribution in [0.4, 0.5) is 4.39 Å². The Labute approximate surface area is 162 Å². The largest absolute Gasteiger partial charge is 0.494 e. The molecule has 0 unspecified atom stereocenters. The lowest BCUT2D eigenvalue weighted by Gasteiger charge is -2.17. The lowest BCUT2D eigenvalue weighted by atomic mass is 10.00. The monoisotopic (exact) mass is 378 g/mol. The molecule has 3 aromatic carbocycles. The molecule has 0 aliphatic heterocycles. The molecule has 0 bridgehead atoms. The van der Waals surface area contributed by atoms with Crippen molar-refractivity contribution in [3.8, 4) is 5.75 Å². The highest BCUT2D eigenvalue weighted by molar-refractivity contribution is 6.01. The lowest BCUT2D eigenvalue weighted by Crippen LogP contribution is -2.21. The molecule has 3 aromatic rings. The number of hydrogen-bond donors (Lipinski definition) is 0. The first-order chi connectivity index (χ1) is 13.6. The molecule has 0 radical (unpaired) electrons. The minimum absolute atomic E-state index is 0.0959. The van der Waals surface area contributed by atoms with E-state index in [2.05, 4.69) is 0 Å². The molecule has 28 heavy (non-hydrogen) atoms. The fourth-order valence-electron chi connectivity index (χ4n) is 2.81. The number of ether oxygens (including phenoxy) is 2. The van der Waals surface area contributed by atoms with Gasteiger partial charge in [0.05, 0.1) is 13.5 Å². The zero-order chi connectivity index (χ0) is 19.9. The minimum Gasteiger partial charge on any atom is -0.494 e. The molecule has 3 rings (SSSR count). The Morgan fingerprint density at radius 1 is 0.929 bits per heavy atom. The van der Waals surface area contributed by atoms with Gasteiger partial charge in [-0.2, -0.15) is 0 Å². The maximum absolute atomic E-state index is 13.8. The second-order valence-corrected chi connectivity index (χ2v) is 6.16. The third-order valence-corrected chi connectivity index (χ3v) is 4.21. The summed E-state index contributed by atoms with van der Waals surface area (Å²) in [4.78, 5) is 25.4. The van der Waals surface area contributed by atoms with E-state index in [1.807, 2.05) is 6.07 Å². The highest BCUT2D eigenvalue weighted by Gasteiger charge is 2.26. The number of carbonyl (C=O) groups is 2. The topological polar surface area (TPSA) is 52.6 Å². The summed E-state index contributed by atoms with van der Waals surface area (Å²) in [5, 5.41) is 0. The number of esters is 1. The van der Waals surface area contributed by atoms with Gasteiger partial charge >= 0.3 is 5.97 Å². The van der Waals surface area contributed by atoms with E-state index in [1.54, 1.807) is 60.7 Å². The molecule has 5 heteroatoms. The number of rotatable bonds is 7. The number of Topliss-reactive ketones (excluding diaryl/α,β-unsaturated/α-hetero) is 1. The van der Waals surface area contributed by atoms with Crippen molar-refractivity contribution in [1.82, 2.24) is 0 Å². The molecule has 0 saturated heterocycles. The summed E-state index contributed by atoms with van der Waals surface area (Å²) in [7, 11) is 1.37. The van der Waals surface area contributed by atoms with E-state index in [-0.39, 0.29) is 18.0 Å². The van der Waals surface area contributed by atoms with Crippen molar-refractivity contribution < 1.29 is 23.5 Å². The highest BCUT2D eigenvalue weighted by Crippen LogP contribution is 2.24. The predicted molar refractivity (Wildman–Crippen MR) is 103 cm³/mol. The van der Waals surface area contributed by atoms with Gasteiger partial charge < -0.3 is 9.47 Å². The Bertz CT molecular complexity index is 955. The molecule has 1 atom stereocenters. The molecule has 0 saturated carbocycles. The van der Waals surface area contributed by atoms with Crippen LogP contribution in [0.25, 0.3) is 0 Å². The van der Waals surface area contributed by atoms with E-state index in [9.17, 15) is 14.0 Å². The van der Waals surface area contributed by atoms with Crippen LogP contribution in [0.15, 0.2) is 78.9 Å². The van der Waals surface area contributed by atoms with Crippen LogP contribution in [-0.2, 0) is 16.0 Å². The van der Waals surface area contributed by atoms with Crippen LogP contribution >= 0.6 is 0 Å². The molecule has 0 heterocycles. The van der Waals surface area contributed by atoms with Gasteiger partial charge in [-0.05, 0) is 17.7 Å². The smallest absolute Gasteiger partial charge is 0.311 e. The van der Waals surface area contributed by atoms with Crippen molar-refractivity contribution in [3.63, 3.8) is 0 Å². The standard InChI is InChI=1S/C23H19FO4/c1-27-20-13-12-16(14-19(20)24)15-21(25)28-23(18-10-6-3-7-11-18)22(26)17-8-4-2-5-9-17/h2-14,23H,15H2,1H3/t23-/m0/s1. The average molecular weight is 378 g/mol. The van der Waals surface area contributed by atoms with Crippen LogP contribution in [0.2, 0.25) is 0 Å². The van der Waals surface area contributed by atoms with Gasteiger partial charge in [0.25, 0.3) is 0 Å². The van der Waals surface area contributed by atoms with E-state index in [0.29, 0.717) is 16.7 Å². The van der Waals surface area contributed by atoms with Crippen LogP contribution in [-0.4, -0.2) is 18.9 Å². The second-order valence-electron chi connectivity index (χ2n) is 6.16. The maximum Gasteiger partial charge on any atom is 0.311 e. The normalized spacial score (nSPS) is 11.5. The Hall–Kier alpha value is -3.47. The average Bonchev–Trinajstić information content (AvgIpc) is 2.73. The van der Waals surface area contributed by atoms with Crippen molar-refractivity contribution >= 4 is 11.8 Å². The molecular formula is C23H19FO4. The van der Waals surface area contributed by atoms with Crippen molar-refractivity contribution in [2.24, 2.45) is 0 Å². The van der Waals surface area contributed by atoms with Crippen molar-refractivity contribution in [1.29, 1.82) is 0 Å². The summed E-state index contributed by atoms with van der Waals surface area (Å²) in [6, 6.07) is 21.7. The fourth-order valence-corrected chi connectivity index (χ4v) is 2.81. The predicted octanol–water partition coefficient (Wildman–Crippen LogP) is 4.54. The van der Waals surface area contributed by atoms with Crippen LogP contribution in [0, 0.1) is 5.82 Å². The van der Waals surface area contributed by atoms with Crippen molar-refractivity contribution in [3.05, 3.63) is 101 Å². The van der Waals surface area contributed by atoms with E-state index in [1.165, 1.54) is 19.2 Å². The molecule has 0 aromatic heterocycles. The van der Waals surface area contributed by atoms with Crippen molar-refractivity contribution in [2.45, 2.75) is 12.5 Å². The van der Waals surface area contributed by atoms with E-state index in [4.69, 9.17) is 9.47 Å². The molecule has 4 nitrogen and oxygen atoms in total. The van der Waals surface area contributed by atoms with E-state index < -0.39 is 17.9 Å². The Kier molecular flexibility index (Phi) is 6.17. The number of benzene rings is 3. The Morgan fingerprint density at radius 3 is 2.18 bits per heavy atom. The molecule has 0 fully saturated rings. The molecule has 0 aliphatic rings. The minimum atomic E-state index is -1.07. The van der Waals surface area contributed by atoms with Gasteiger partial charge in [0, 0.05) is 11.1 Å². The third kappa shape index (κ3) is 4.62. The zero-order valence-corrected chi connectivity index (χ0v) is 15.3. The molecule has 0 spiro atoms. The number of halogens is 1. The Morgan fingerprint density at radius 2 is 1.57 bits per heavy atom. The number of methoxy groups -OCH3 is 1. The fraction of sp³-hybridized carbons (Fsp3) is 0.130. The summed E-state index contributed by atoms with van der Waals surface area (Å²) in [6.45, 7) is 0. The van der Waals surface area contributed by atoms with E-state index >= 15 is 0 Å². The molecule has 142 valence electrons. The van der Waals surface area contributed by atoms with Gasteiger partial charge in [0.15, 0.2) is 17.7 Å². The summed E-state index contributed by atoms with van der Waals surface area (Å²) in [5.41, 5.74) is 1.45. The third-order valence-electron chi connectivity index (χ3n) is 4.21. The SMILES string of the molecule is COc1ccc(CC(=O)O[C@H](C(=O)c2ccccc2)c2ccccc2)cc1F. The number of carbonyl (C=O) groups excluding carboxylic acids is 2. The second kappa shape index (κ2) is 8.95. The summed E-state index contributed by atoms with van der Waals surface area (Å²) in [5.74, 6) is -1.41. The zero-order valence-electron chi connectivity index (χ0n) is 15.3. The maximum atomic E-state index is 13.8. The van der Waals surface area contributed by atoms with Crippen LogP contribution < -0.4 is 4.74 Å². The quantitative estimate of drug-likeness (QED) is 0.447. The van der Waals surface area contributed by atoms with Gasteiger partial charge in [0.1, 0.15) is 0 Å². The molecule has 0 N–H and O–H groups in total. The summed E-state index contributed by atoms with van der Waals surface area (Å²) < 4.78 is 24.2. The first kappa shape index (κ1) is 19.3. The van der Waals surface area contributed by atoms with Gasteiger partial charge in [-0.3, -0.25) is 9.59 Å². The van der Waals surface area contributed by atoms with Crippen molar-refractivity contribution in [2.75, 3.05) is 7.11 Å². The summed E-state index contributed by atoms with van der Waals surface area (Å²) in [6.07, 6.45) is -1.23. The molecular weight excluding hydrogens is 359 g/mol. The molecule has 0 aliphatic carbocycles. The van der Waals surface area contributed by atoms with Gasteiger partial charge in [-0.25, -0.2) is 4.39 Å². The first-order valence-electron chi connectivity index (χ1n) is 8.74. The Balaban J connectivity index is 1.80. The number of hydrogen-bond acceptors (Lipinski definition) is 4. The number of ketones is 1. The van der Waals surface area contributed by atoms with Crippen LogP contribution in [0.5, 0.6) is 5.75 Å². The lowest BCUT2D eigenvalue weighted by molar-refractivity contribution is -0.146. The van der Waals surface area contributed by atoms with Gasteiger partial charge in [-0.1, -0.05) is 66.7 Å². The first-order valence-corrected chi connectivity index (χ1v) is 8.74. The summed E-state index contributed by atoms with van der Waals surface area (Å²) >= 11 is 0. The van der Waals surface area contributed by atoms with Crippen LogP contribution in [0.1, 0.15) is 27.6 Å². The van der Waals surface area contributed by atoms with Gasteiger partial charge in [-0.15, -0.1) is 0 Å². The van der Waals surface area contributed by atoms with Crippen LogP contribution in [0.3, 0.4) is 0 Å². The van der Waals surface area contributed by atoms with E-state index in [0.717, 1.165) is 0 Å².